The van der Waals surface area contributed by atoms with Gasteiger partial charge in [0.05, 0.1) is 0 Å². The van der Waals surface area contributed by atoms with E-state index in [0.717, 1.165) is 18.5 Å². The molecule has 3 rings (SSSR count). The van der Waals surface area contributed by atoms with Gasteiger partial charge in [-0.05, 0) is 60.4 Å². The number of anilines is 1. The average Bonchev–Trinajstić information content (AvgIpc) is 2.74. The number of hydrogen-bond donors (Lipinski definition) is 1. The van der Waals surface area contributed by atoms with Crippen LogP contribution in [0.4, 0.5) is 10.2 Å². The maximum atomic E-state index is 12.9. The highest BCUT2D eigenvalue weighted by Crippen LogP contribution is 2.09. The third kappa shape index (κ3) is 5.57. The lowest BCUT2D eigenvalue weighted by Gasteiger charge is -2.17. The summed E-state index contributed by atoms with van der Waals surface area (Å²) < 4.78 is 12.9. The van der Waals surface area contributed by atoms with Crippen molar-refractivity contribution in [3.63, 3.8) is 0 Å². The lowest BCUT2D eigenvalue weighted by molar-refractivity contribution is 0.0948. The van der Waals surface area contributed by atoms with Gasteiger partial charge in [0.1, 0.15) is 5.82 Å². The molecule has 1 aromatic carbocycles. The predicted octanol–water partition coefficient (Wildman–Crippen LogP) is 2.66. The molecule has 2 heterocycles. The quantitative estimate of drug-likeness (QED) is 0.652. The Morgan fingerprint density at radius 3 is 2.36 bits per heavy atom. The molecule has 0 fully saturated rings. The van der Waals surface area contributed by atoms with Gasteiger partial charge in [-0.25, -0.2) is 4.39 Å². The molecule has 2 aromatic heterocycles. The van der Waals surface area contributed by atoms with Gasteiger partial charge in [-0.3, -0.25) is 9.78 Å². The summed E-state index contributed by atoms with van der Waals surface area (Å²) in [5.41, 5.74) is 2.43. The normalized spacial score (nSPS) is 10.5. The Bertz CT molecular complexity index is 885. The number of aromatic nitrogens is 3. The van der Waals surface area contributed by atoms with Crippen LogP contribution in [0.2, 0.25) is 0 Å². The van der Waals surface area contributed by atoms with Crippen molar-refractivity contribution in [3.8, 4) is 0 Å². The fraction of sp³-hybridized carbons (Fsp3) is 0.238. The van der Waals surface area contributed by atoms with E-state index >= 15 is 0 Å². The number of nitrogens with zero attached hydrogens (tertiary/aromatic N) is 4. The zero-order valence-electron chi connectivity index (χ0n) is 15.7. The van der Waals surface area contributed by atoms with Gasteiger partial charge in [0, 0.05) is 32.5 Å². The van der Waals surface area contributed by atoms with E-state index in [1.165, 1.54) is 17.7 Å². The van der Waals surface area contributed by atoms with Crippen LogP contribution in [0.5, 0.6) is 0 Å². The Morgan fingerprint density at radius 2 is 1.68 bits per heavy atom. The van der Waals surface area contributed by atoms with E-state index < -0.39 is 0 Å². The number of amides is 1. The summed E-state index contributed by atoms with van der Waals surface area (Å²) in [4.78, 5) is 18.2. The predicted molar refractivity (Wildman–Crippen MR) is 106 cm³/mol. The summed E-state index contributed by atoms with van der Waals surface area (Å²) in [5, 5.41) is 11.0. The third-order valence-corrected chi connectivity index (χ3v) is 4.37. The van der Waals surface area contributed by atoms with Gasteiger partial charge in [0.25, 0.3) is 5.91 Å². The van der Waals surface area contributed by atoms with E-state index in [1.807, 2.05) is 24.1 Å². The Balaban J connectivity index is 1.47. The smallest absolute Gasteiger partial charge is 0.271 e. The molecule has 0 saturated carbocycles. The number of hydrogen-bond acceptors (Lipinski definition) is 5. The monoisotopic (exact) mass is 379 g/mol. The molecular weight excluding hydrogens is 357 g/mol. The Kier molecular flexibility index (Phi) is 6.62. The van der Waals surface area contributed by atoms with Gasteiger partial charge in [0.2, 0.25) is 0 Å². The summed E-state index contributed by atoms with van der Waals surface area (Å²) >= 11 is 0. The first kappa shape index (κ1) is 19.4. The number of pyridine rings is 1. The number of benzene rings is 1. The van der Waals surface area contributed by atoms with Gasteiger partial charge < -0.3 is 10.2 Å². The van der Waals surface area contributed by atoms with Crippen molar-refractivity contribution < 1.29 is 9.18 Å². The van der Waals surface area contributed by atoms with Gasteiger partial charge in [-0.15, -0.1) is 10.2 Å². The van der Waals surface area contributed by atoms with Crippen LogP contribution in [0.3, 0.4) is 0 Å². The molecule has 3 aromatic rings. The van der Waals surface area contributed by atoms with Crippen LogP contribution in [0.1, 0.15) is 21.6 Å². The van der Waals surface area contributed by atoms with Gasteiger partial charge in [-0.2, -0.15) is 0 Å². The molecular formula is C21H22FN5O. The number of carbonyl (C=O) groups excluding carboxylic acids is 1. The van der Waals surface area contributed by atoms with Crippen molar-refractivity contribution in [2.24, 2.45) is 0 Å². The molecule has 1 N–H and O–H groups in total. The first-order chi connectivity index (χ1) is 13.6. The zero-order valence-corrected chi connectivity index (χ0v) is 15.7. The fourth-order valence-corrected chi connectivity index (χ4v) is 2.67. The van der Waals surface area contributed by atoms with Crippen LogP contribution < -0.4 is 10.2 Å². The molecule has 0 atom stereocenters. The number of nitrogens with one attached hydrogen (secondary N) is 1. The molecule has 0 unspecified atom stereocenters. The SMILES string of the molecule is CN(CCc1ccncc1)c1ccc(C(=O)NCCc2ccc(F)cc2)nn1. The molecule has 1 amide bonds. The Hall–Kier alpha value is -3.35. The molecule has 28 heavy (non-hydrogen) atoms. The van der Waals surface area contributed by atoms with Gasteiger partial charge in [0.15, 0.2) is 11.5 Å². The van der Waals surface area contributed by atoms with E-state index in [2.05, 4.69) is 20.5 Å². The van der Waals surface area contributed by atoms with Crippen LogP contribution >= 0.6 is 0 Å². The topological polar surface area (TPSA) is 71.0 Å². The highest BCUT2D eigenvalue weighted by atomic mass is 19.1. The lowest BCUT2D eigenvalue weighted by Crippen LogP contribution is -2.27. The second-order valence-corrected chi connectivity index (χ2v) is 6.44. The summed E-state index contributed by atoms with van der Waals surface area (Å²) in [6.45, 7) is 1.22. The average molecular weight is 379 g/mol. The highest BCUT2D eigenvalue weighted by Gasteiger charge is 2.10. The van der Waals surface area contributed by atoms with Crippen molar-refractivity contribution >= 4 is 11.7 Å². The highest BCUT2D eigenvalue weighted by molar-refractivity contribution is 5.92. The van der Waals surface area contributed by atoms with E-state index in [1.54, 1.807) is 36.7 Å². The Morgan fingerprint density at radius 1 is 0.964 bits per heavy atom. The number of likely N-dealkylation sites (N-methyl/N-ethyl adjacent to an activating group) is 1. The molecule has 0 spiro atoms. The van der Waals surface area contributed by atoms with Crippen molar-refractivity contribution in [3.05, 3.63) is 83.6 Å². The largest absolute Gasteiger partial charge is 0.358 e. The number of halogens is 1. The summed E-state index contributed by atoms with van der Waals surface area (Å²) in [7, 11) is 1.94. The van der Waals surface area contributed by atoms with Crippen LogP contribution in [-0.4, -0.2) is 41.2 Å². The van der Waals surface area contributed by atoms with Crippen molar-refractivity contribution in [2.75, 3.05) is 25.0 Å². The molecule has 6 nitrogen and oxygen atoms in total. The maximum absolute atomic E-state index is 12.9. The van der Waals surface area contributed by atoms with Gasteiger partial charge in [-0.1, -0.05) is 12.1 Å². The minimum atomic E-state index is -0.277. The van der Waals surface area contributed by atoms with Crippen LogP contribution in [0, 0.1) is 5.82 Å². The Labute approximate surface area is 163 Å². The minimum Gasteiger partial charge on any atom is -0.358 e. The lowest BCUT2D eigenvalue weighted by atomic mass is 10.1. The first-order valence-electron chi connectivity index (χ1n) is 9.08. The molecule has 0 saturated heterocycles. The molecule has 0 aliphatic rings. The second-order valence-electron chi connectivity index (χ2n) is 6.44. The van der Waals surface area contributed by atoms with Crippen molar-refractivity contribution in [1.29, 1.82) is 0 Å². The van der Waals surface area contributed by atoms with Crippen LogP contribution in [0.25, 0.3) is 0 Å². The summed E-state index contributed by atoms with van der Waals surface area (Å²) in [5.74, 6) is 0.159. The van der Waals surface area contributed by atoms with Gasteiger partial charge >= 0.3 is 0 Å². The molecule has 7 heteroatoms. The number of carbonyl (C=O) groups is 1. The maximum Gasteiger partial charge on any atom is 0.271 e. The van der Waals surface area contributed by atoms with E-state index in [-0.39, 0.29) is 17.4 Å². The van der Waals surface area contributed by atoms with E-state index in [4.69, 9.17) is 0 Å². The van der Waals surface area contributed by atoms with E-state index in [0.29, 0.717) is 18.8 Å². The first-order valence-corrected chi connectivity index (χ1v) is 9.08. The molecule has 0 aliphatic carbocycles. The summed E-state index contributed by atoms with van der Waals surface area (Å²) in [6, 6.07) is 13.7. The van der Waals surface area contributed by atoms with Crippen molar-refractivity contribution in [1.82, 2.24) is 20.5 Å². The minimum absolute atomic E-state index is 0.269. The van der Waals surface area contributed by atoms with Crippen molar-refractivity contribution in [2.45, 2.75) is 12.8 Å². The fourth-order valence-electron chi connectivity index (χ4n) is 2.67. The van der Waals surface area contributed by atoms with Crippen LogP contribution in [-0.2, 0) is 12.8 Å². The zero-order chi connectivity index (χ0) is 19.8. The number of rotatable bonds is 8. The molecule has 144 valence electrons. The van der Waals surface area contributed by atoms with Crippen LogP contribution in [0.15, 0.2) is 60.9 Å². The third-order valence-electron chi connectivity index (χ3n) is 4.37. The van der Waals surface area contributed by atoms with E-state index in [9.17, 15) is 9.18 Å². The molecule has 0 radical (unpaired) electrons. The molecule has 0 aliphatic heterocycles. The second kappa shape index (κ2) is 9.55. The summed E-state index contributed by atoms with van der Waals surface area (Å²) in [6.07, 6.45) is 5.04. The molecule has 0 bridgehead atoms. The standard InChI is InChI=1S/C21H22FN5O/c1-27(15-11-17-8-12-23-13-9-17)20-7-6-19(25-26-20)21(28)24-14-10-16-2-4-18(22)5-3-16/h2-9,12-13H,10-11,14-15H2,1H3,(H,24,28).